The minimum Gasteiger partial charge on any atom is -0.493 e. The molecule has 6 nitrogen and oxygen atoms in total. The van der Waals surface area contributed by atoms with Crippen LogP contribution in [0.25, 0.3) is 0 Å². The third-order valence-corrected chi connectivity index (χ3v) is 5.28. The van der Waals surface area contributed by atoms with Crippen LogP contribution < -0.4 is 9.47 Å². The van der Waals surface area contributed by atoms with Crippen molar-refractivity contribution in [2.24, 2.45) is 0 Å². The van der Waals surface area contributed by atoms with Crippen LogP contribution in [-0.4, -0.2) is 52.7 Å². The largest absolute Gasteiger partial charge is 0.493 e. The zero-order valence-electron chi connectivity index (χ0n) is 11.8. The molecule has 7 heteroatoms. The summed E-state index contributed by atoms with van der Waals surface area (Å²) < 4.78 is 42.3. The lowest BCUT2D eigenvalue weighted by Crippen LogP contribution is -2.46. The first-order valence-corrected chi connectivity index (χ1v) is 7.76. The molecule has 1 fully saturated rings. The Morgan fingerprint density at radius 2 is 1.95 bits per heavy atom. The molecule has 1 aromatic rings. The molecule has 20 heavy (non-hydrogen) atoms. The van der Waals surface area contributed by atoms with E-state index in [0.717, 1.165) is 0 Å². The molecule has 0 amide bonds. The average molecular weight is 301 g/mol. The molecule has 0 bridgehead atoms. The van der Waals surface area contributed by atoms with Crippen LogP contribution in [0.4, 0.5) is 0 Å². The van der Waals surface area contributed by atoms with Gasteiger partial charge in [0.25, 0.3) is 0 Å². The van der Waals surface area contributed by atoms with Gasteiger partial charge in [-0.25, -0.2) is 8.42 Å². The highest BCUT2D eigenvalue weighted by atomic mass is 32.2. The van der Waals surface area contributed by atoms with Crippen LogP contribution in [0.5, 0.6) is 11.5 Å². The third kappa shape index (κ3) is 2.74. The van der Waals surface area contributed by atoms with E-state index in [-0.39, 0.29) is 10.9 Å². The fourth-order valence-electron chi connectivity index (χ4n) is 2.18. The fraction of sp³-hybridized carbons (Fsp3) is 0.538. The first-order valence-electron chi connectivity index (χ1n) is 6.32. The van der Waals surface area contributed by atoms with E-state index in [1.165, 1.54) is 30.7 Å². The summed E-state index contributed by atoms with van der Waals surface area (Å²) in [6.45, 7) is 3.01. The Hall–Kier alpha value is -1.31. The molecule has 0 N–H and O–H groups in total. The maximum atomic E-state index is 12.6. The van der Waals surface area contributed by atoms with Crippen molar-refractivity contribution in [3.05, 3.63) is 18.2 Å². The summed E-state index contributed by atoms with van der Waals surface area (Å²) in [5, 5.41) is 0. The van der Waals surface area contributed by atoms with Crippen LogP contribution in [0, 0.1) is 0 Å². The van der Waals surface area contributed by atoms with Crippen LogP contribution in [0.1, 0.15) is 6.92 Å². The Kier molecular flexibility index (Phi) is 4.52. The maximum absolute atomic E-state index is 12.6. The van der Waals surface area contributed by atoms with Gasteiger partial charge in [0.1, 0.15) is 0 Å². The summed E-state index contributed by atoms with van der Waals surface area (Å²) in [6.07, 6.45) is 0. The number of hydrogen-bond acceptors (Lipinski definition) is 5. The molecule has 1 atom stereocenters. The van der Waals surface area contributed by atoms with Crippen LogP contribution in [-0.2, 0) is 14.8 Å². The highest BCUT2D eigenvalue weighted by molar-refractivity contribution is 7.89. The molecule has 0 aromatic heterocycles. The molecule has 1 aromatic carbocycles. The molecule has 1 heterocycles. The Morgan fingerprint density at radius 3 is 2.55 bits per heavy atom. The number of hydrogen-bond donors (Lipinski definition) is 0. The van der Waals surface area contributed by atoms with E-state index in [9.17, 15) is 8.42 Å². The first kappa shape index (κ1) is 15.1. The van der Waals surface area contributed by atoms with E-state index in [2.05, 4.69) is 0 Å². The van der Waals surface area contributed by atoms with E-state index in [1.54, 1.807) is 6.07 Å². The summed E-state index contributed by atoms with van der Waals surface area (Å²) in [5.74, 6) is 0.899. The standard InChI is InChI=1S/C13H19NO5S/c1-10-9-19-7-6-14(10)20(15,16)11-4-5-12(17-2)13(8-11)18-3/h4-5,8,10H,6-7,9H2,1-3H3. The predicted octanol–water partition coefficient (Wildman–Crippen LogP) is 1.11. The lowest BCUT2D eigenvalue weighted by atomic mass is 10.3. The van der Waals surface area contributed by atoms with Gasteiger partial charge in [0.2, 0.25) is 10.0 Å². The van der Waals surface area contributed by atoms with Gasteiger partial charge in [-0.05, 0) is 19.1 Å². The Balaban J connectivity index is 2.38. The van der Waals surface area contributed by atoms with Gasteiger partial charge < -0.3 is 14.2 Å². The Bertz CT molecular complexity index is 572. The van der Waals surface area contributed by atoms with Gasteiger partial charge in [0, 0.05) is 18.7 Å². The second-order valence-corrected chi connectivity index (χ2v) is 6.45. The van der Waals surface area contributed by atoms with Gasteiger partial charge in [-0.3, -0.25) is 0 Å². The van der Waals surface area contributed by atoms with Crippen LogP contribution >= 0.6 is 0 Å². The Labute approximate surface area is 119 Å². The SMILES string of the molecule is COc1ccc(S(=O)(=O)N2CCOCC2C)cc1OC. The monoisotopic (exact) mass is 301 g/mol. The lowest BCUT2D eigenvalue weighted by molar-refractivity contribution is 0.0392. The van der Waals surface area contributed by atoms with E-state index in [4.69, 9.17) is 14.2 Å². The van der Waals surface area contributed by atoms with E-state index in [1.807, 2.05) is 6.92 Å². The quantitative estimate of drug-likeness (QED) is 0.833. The van der Waals surface area contributed by atoms with Crippen molar-refractivity contribution in [3.63, 3.8) is 0 Å². The molecule has 1 aliphatic rings. The second-order valence-electron chi connectivity index (χ2n) is 4.56. The van der Waals surface area contributed by atoms with Crippen LogP contribution in [0.3, 0.4) is 0 Å². The van der Waals surface area contributed by atoms with Gasteiger partial charge in [-0.15, -0.1) is 0 Å². The van der Waals surface area contributed by atoms with Crippen LogP contribution in [0.2, 0.25) is 0 Å². The van der Waals surface area contributed by atoms with Crippen molar-refractivity contribution >= 4 is 10.0 Å². The molecule has 0 saturated carbocycles. The molecule has 1 saturated heterocycles. The van der Waals surface area contributed by atoms with Gasteiger partial charge in [0.15, 0.2) is 11.5 Å². The lowest BCUT2D eigenvalue weighted by Gasteiger charge is -2.32. The van der Waals surface area contributed by atoms with Crippen molar-refractivity contribution in [2.45, 2.75) is 17.9 Å². The Morgan fingerprint density at radius 1 is 1.25 bits per heavy atom. The molecular weight excluding hydrogens is 282 g/mol. The number of benzene rings is 1. The molecule has 112 valence electrons. The first-order chi connectivity index (χ1) is 9.50. The number of morpholine rings is 1. The van der Waals surface area contributed by atoms with Crippen molar-refractivity contribution in [2.75, 3.05) is 34.0 Å². The summed E-state index contributed by atoms with van der Waals surface area (Å²) in [7, 11) is -0.563. The summed E-state index contributed by atoms with van der Waals surface area (Å²) in [5.41, 5.74) is 0. The minimum absolute atomic E-state index is 0.179. The molecule has 0 aliphatic carbocycles. The number of nitrogens with zero attached hydrogens (tertiary/aromatic N) is 1. The zero-order valence-corrected chi connectivity index (χ0v) is 12.6. The topological polar surface area (TPSA) is 65.1 Å². The number of sulfonamides is 1. The highest BCUT2D eigenvalue weighted by Gasteiger charge is 2.32. The maximum Gasteiger partial charge on any atom is 0.243 e. The summed E-state index contributed by atoms with van der Waals surface area (Å²) >= 11 is 0. The molecular formula is C13H19NO5S. The van der Waals surface area contributed by atoms with Crippen molar-refractivity contribution in [1.29, 1.82) is 0 Å². The normalized spacial score (nSPS) is 20.6. The molecule has 1 unspecified atom stereocenters. The third-order valence-electron chi connectivity index (χ3n) is 3.27. The molecule has 2 rings (SSSR count). The highest BCUT2D eigenvalue weighted by Crippen LogP contribution is 2.31. The van der Waals surface area contributed by atoms with Gasteiger partial charge in [-0.2, -0.15) is 4.31 Å². The van der Waals surface area contributed by atoms with Gasteiger partial charge in [0.05, 0.1) is 32.3 Å². The van der Waals surface area contributed by atoms with Crippen molar-refractivity contribution in [3.8, 4) is 11.5 Å². The average Bonchev–Trinajstić information content (AvgIpc) is 2.46. The summed E-state index contributed by atoms with van der Waals surface area (Å²) in [6, 6.07) is 4.42. The smallest absolute Gasteiger partial charge is 0.243 e. The van der Waals surface area contributed by atoms with E-state index < -0.39 is 10.0 Å². The second kappa shape index (κ2) is 5.99. The molecule has 1 aliphatic heterocycles. The van der Waals surface area contributed by atoms with E-state index in [0.29, 0.717) is 31.3 Å². The van der Waals surface area contributed by atoms with Gasteiger partial charge >= 0.3 is 0 Å². The van der Waals surface area contributed by atoms with Crippen molar-refractivity contribution < 1.29 is 22.6 Å². The van der Waals surface area contributed by atoms with Crippen molar-refractivity contribution in [1.82, 2.24) is 4.31 Å². The molecule has 0 spiro atoms. The van der Waals surface area contributed by atoms with Crippen LogP contribution in [0.15, 0.2) is 23.1 Å². The number of ether oxygens (including phenoxy) is 3. The zero-order chi connectivity index (χ0) is 14.8. The molecule has 0 radical (unpaired) electrons. The number of rotatable bonds is 4. The van der Waals surface area contributed by atoms with Gasteiger partial charge in [-0.1, -0.05) is 0 Å². The number of methoxy groups -OCH3 is 2. The summed E-state index contributed by atoms with van der Waals surface area (Å²) in [4.78, 5) is 0.198. The minimum atomic E-state index is -3.55. The van der Waals surface area contributed by atoms with E-state index >= 15 is 0 Å². The predicted molar refractivity (Wildman–Crippen MR) is 73.7 cm³/mol. The fourth-order valence-corrected chi connectivity index (χ4v) is 3.80.